The van der Waals surface area contributed by atoms with Crippen molar-refractivity contribution in [3.63, 3.8) is 0 Å². The van der Waals surface area contributed by atoms with E-state index in [2.05, 4.69) is 19.2 Å². The molecule has 0 radical (unpaired) electrons. The highest BCUT2D eigenvalue weighted by Crippen LogP contribution is 2.45. The molecule has 4 heteroatoms. The third-order valence-electron chi connectivity index (χ3n) is 4.53. The Hall–Kier alpha value is -1.06. The number of nitrogens with zero attached hydrogens (tertiary/aromatic N) is 1. The average Bonchev–Trinajstić information content (AvgIpc) is 3.09. The molecule has 1 N–H and O–H groups in total. The van der Waals surface area contributed by atoms with Crippen molar-refractivity contribution in [1.82, 2.24) is 10.2 Å². The summed E-state index contributed by atoms with van der Waals surface area (Å²) >= 11 is 0. The molecule has 1 saturated carbocycles. The van der Waals surface area contributed by atoms with Gasteiger partial charge < -0.3 is 10.2 Å². The minimum atomic E-state index is -0.775. The first kappa shape index (κ1) is 14.4. The maximum atomic E-state index is 12.7. The molecule has 0 aromatic heterocycles. The molecule has 1 unspecified atom stereocenters. The van der Waals surface area contributed by atoms with Gasteiger partial charge >= 0.3 is 0 Å². The van der Waals surface area contributed by atoms with Gasteiger partial charge in [0.2, 0.25) is 11.8 Å². The van der Waals surface area contributed by atoms with Crippen LogP contribution in [0.5, 0.6) is 0 Å². The molecule has 4 nitrogen and oxygen atoms in total. The molecule has 2 fully saturated rings. The van der Waals surface area contributed by atoms with Gasteiger partial charge in [0.25, 0.3) is 0 Å². The first-order valence-electron chi connectivity index (χ1n) is 7.34. The lowest BCUT2D eigenvalue weighted by atomic mass is 9.84. The first-order valence-corrected chi connectivity index (χ1v) is 7.34. The second-order valence-corrected chi connectivity index (χ2v) is 7.14. The van der Waals surface area contributed by atoms with Gasteiger partial charge in [-0.2, -0.15) is 0 Å². The van der Waals surface area contributed by atoms with E-state index in [1.165, 1.54) is 0 Å². The molecule has 1 aliphatic carbocycles. The Bertz CT molecular complexity index is 399. The molecule has 1 saturated heterocycles. The van der Waals surface area contributed by atoms with Gasteiger partial charge in [0.15, 0.2) is 0 Å². The van der Waals surface area contributed by atoms with Gasteiger partial charge in [-0.1, -0.05) is 13.8 Å². The van der Waals surface area contributed by atoms with Crippen molar-refractivity contribution in [2.75, 3.05) is 6.54 Å². The van der Waals surface area contributed by atoms with E-state index in [0.717, 1.165) is 19.3 Å². The van der Waals surface area contributed by atoms with E-state index in [-0.39, 0.29) is 11.8 Å². The molecular formula is C15H26N2O2. The summed E-state index contributed by atoms with van der Waals surface area (Å²) < 4.78 is 0. The van der Waals surface area contributed by atoms with Gasteiger partial charge in [-0.25, -0.2) is 0 Å². The lowest BCUT2D eigenvalue weighted by Crippen LogP contribution is -2.74. The largest absolute Gasteiger partial charge is 0.340 e. The van der Waals surface area contributed by atoms with Crippen LogP contribution in [0.25, 0.3) is 0 Å². The van der Waals surface area contributed by atoms with Crippen LogP contribution in [0.4, 0.5) is 0 Å². The van der Waals surface area contributed by atoms with Crippen molar-refractivity contribution < 1.29 is 9.59 Å². The molecule has 1 heterocycles. The average molecular weight is 266 g/mol. The van der Waals surface area contributed by atoms with Gasteiger partial charge in [-0.15, -0.1) is 0 Å². The van der Waals surface area contributed by atoms with Crippen LogP contribution in [0.1, 0.15) is 53.9 Å². The molecule has 0 aromatic carbocycles. The van der Waals surface area contributed by atoms with Crippen LogP contribution in [0, 0.1) is 11.8 Å². The van der Waals surface area contributed by atoms with Crippen molar-refractivity contribution >= 4 is 11.8 Å². The molecule has 0 bridgehead atoms. The molecule has 1 aliphatic heterocycles. The van der Waals surface area contributed by atoms with Crippen LogP contribution in [0.2, 0.25) is 0 Å². The number of hydrogen-bond donors (Lipinski definition) is 1. The van der Waals surface area contributed by atoms with E-state index in [4.69, 9.17) is 0 Å². The van der Waals surface area contributed by atoms with Crippen LogP contribution >= 0.6 is 0 Å². The molecule has 19 heavy (non-hydrogen) atoms. The molecular weight excluding hydrogens is 240 g/mol. The highest BCUT2D eigenvalue weighted by atomic mass is 16.2. The number of hydrogen-bond acceptors (Lipinski definition) is 2. The minimum absolute atomic E-state index is 0.0170. The van der Waals surface area contributed by atoms with Gasteiger partial charge in [0.1, 0.15) is 11.1 Å². The smallest absolute Gasteiger partial charge is 0.248 e. The first-order chi connectivity index (χ1) is 8.69. The number of nitrogens with one attached hydrogen (secondary N) is 1. The number of amides is 2. The van der Waals surface area contributed by atoms with Gasteiger partial charge in [-0.05, 0) is 51.9 Å². The van der Waals surface area contributed by atoms with E-state index in [0.29, 0.717) is 18.4 Å². The maximum Gasteiger partial charge on any atom is 0.248 e. The Balaban J connectivity index is 2.28. The summed E-state index contributed by atoms with van der Waals surface area (Å²) in [6.07, 6.45) is 3.04. The lowest BCUT2D eigenvalue weighted by Gasteiger charge is -2.49. The molecule has 1 atom stereocenters. The minimum Gasteiger partial charge on any atom is -0.340 e. The van der Waals surface area contributed by atoms with E-state index in [1.807, 2.05) is 11.8 Å². The van der Waals surface area contributed by atoms with Crippen molar-refractivity contribution in [2.24, 2.45) is 11.8 Å². The fourth-order valence-electron chi connectivity index (χ4n) is 2.91. The summed E-state index contributed by atoms with van der Waals surface area (Å²) in [4.78, 5) is 27.0. The molecule has 108 valence electrons. The van der Waals surface area contributed by atoms with Gasteiger partial charge in [0.05, 0.1) is 0 Å². The van der Waals surface area contributed by atoms with Crippen LogP contribution < -0.4 is 5.32 Å². The van der Waals surface area contributed by atoms with E-state index < -0.39 is 11.1 Å². The van der Waals surface area contributed by atoms with Crippen LogP contribution in [0.3, 0.4) is 0 Å². The topological polar surface area (TPSA) is 49.4 Å². The summed E-state index contributed by atoms with van der Waals surface area (Å²) in [5.74, 6) is 0.939. The highest BCUT2D eigenvalue weighted by molar-refractivity contribution is 6.02. The Kier molecular flexibility index (Phi) is 3.40. The zero-order valence-corrected chi connectivity index (χ0v) is 12.7. The quantitative estimate of drug-likeness (QED) is 0.845. The monoisotopic (exact) mass is 266 g/mol. The zero-order chi connectivity index (χ0) is 14.4. The predicted molar refractivity (Wildman–Crippen MR) is 74.5 cm³/mol. The fourth-order valence-corrected chi connectivity index (χ4v) is 2.91. The van der Waals surface area contributed by atoms with Crippen molar-refractivity contribution in [3.05, 3.63) is 0 Å². The van der Waals surface area contributed by atoms with E-state index >= 15 is 0 Å². The van der Waals surface area contributed by atoms with Crippen molar-refractivity contribution in [2.45, 2.75) is 65.0 Å². The van der Waals surface area contributed by atoms with E-state index in [1.54, 1.807) is 13.8 Å². The zero-order valence-electron chi connectivity index (χ0n) is 12.7. The number of piperazine rings is 1. The molecule has 2 aliphatic rings. The standard InChI is InChI=1S/C15H26N2O2/c1-10(2)8-9-17-13(19)14(3,4)16-12(18)15(17,5)11-6-7-11/h10-11H,6-9H2,1-5H3,(H,16,18). The number of rotatable bonds is 4. The summed E-state index contributed by atoms with van der Waals surface area (Å²) in [7, 11) is 0. The SMILES string of the molecule is CC(C)CCN1C(=O)C(C)(C)NC(=O)C1(C)C1CC1. The second-order valence-electron chi connectivity index (χ2n) is 7.14. The number of carbonyl (C=O) groups excluding carboxylic acids is 2. The molecule has 0 spiro atoms. The van der Waals surface area contributed by atoms with Gasteiger partial charge in [-0.3, -0.25) is 9.59 Å². The summed E-state index contributed by atoms with van der Waals surface area (Å²) in [5, 5.41) is 2.90. The Labute approximate surface area is 115 Å². The summed E-state index contributed by atoms with van der Waals surface area (Å²) in [6.45, 7) is 10.5. The molecule has 2 rings (SSSR count). The maximum absolute atomic E-state index is 12.7. The van der Waals surface area contributed by atoms with Crippen molar-refractivity contribution in [3.8, 4) is 0 Å². The Morgan fingerprint density at radius 2 is 1.84 bits per heavy atom. The predicted octanol–water partition coefficient (Wildman–Crippen LogP) is 1.94. The molecule has 0 aromatic rings. The normalized spacial score (nSPS) is 30.7. The van der Waals surface area contributed by atoms with Crippen molar-refractivity contribution in [1.29, 1.82) is 0 Å². The summed E-state index contributed by atoms with van der Waals surface area (Å²) in [6, 6.07) is 0. The van der Waals surface area contributed by atoms with Crippen LogP contribution in [-0.4, -0.2) is 34.3 Å². The Morgan fingerprint density at radius 1 is 1.26 bits per heavy atom. The third-order valence-corrected chi connectivity index (χ3v) is 4.53. The second kappa shape index (κ2) is 4.50. The fraction of sp³-hybridized carbons (Fsp3) is 0.867. The van der Waals surface area contributed by atoms with E-state index in [9.17, 15) is 9.59 Å². The Morgan fingerprint density at radius 3 is 2.32 bits per heavy atom. The highest BCUT2D eigenvalue weighted by Gasteiger charge is 2.58. The number of carbonyl (C=O) groups is 2. The summed E-state index contributed by atoms with van der Waals surface area (Å²) in [5.41, 5.74) is -1.41. The van der Waals surface area contributed by atoms with Gasteiger partial charge in [0, 0.05) is 6.54 Å². The third kappa shape index (κ3) is 2.37. The lowest BCUT2D eigenvalue weighted by molar-refractivity contribution is -0.162. The van der Waals surface area contributed by atoms with Crippen LogP contribution in [0.15, 0.2) is 0 Å². The molecule has 2 amide bonds. The van der Waals surface area contributed by atoms with Crippen LogP contribution in [-0.2, 0) is 9.59 Å².